The molecule has 3 N–H and O–H groups in total. The van der Waals surface area contributed by atoms with Crippen molar-refractivity contribution in [2.45, 2.75) is 19.0 Å². The summed E-state index contributed by atoms with van der Waals surface area (Å²) in [5, 5.41) is 8.97. The Morgan fingerprint density at radius 2 is 2.00 bits per heavy atom. The molecule has 0 spiro atoms. The van der Waals surface area contributed by atoms with Crippen molar-refractivity contribution in [1.82, 2.24) is 9.80 Å². The maximum absolute atomic E-state index is 13.4. The van der Waals surface area contributed by atoms with E-state index in [1.165, 1.54) is 6.07 Å². The normalized spacial score (nSPS) is 20.8. The summed E-state index contributed by atoms with van der Waals surface area (Å²) < 4.78 is 13.4. The number of nitrogens with zero attached hydrogens (tertiary/aromatic N) is 2. The third kappa shape index (κ3) is 3.76. The second-order valence-corrected chi connectivity index (χ2v) is 5.46. The highest BCUT2D eigenvalue weighted by Gasteiger charge is 2.27. The Morgan fingerprint density at radius 3 is 2.55 bits per heavy atom. The van der Waals surface area contributed by atoms with Crippen LogP contribution < -0.4 is 5.73 Å². The van der Waals surface area contributed by atoms with Crippen molar-refractivity contribution in [1.29, 1.82) is 0 Å². The zero-order chi connectivity index (χ0) is 14.5. The average Bonchev–Trinajstić information content (AvgIpc) is 2.41. The van der Waals surface area contributed by atoms with Gasteiger partial charge in [0.15, 0.2) is 0 Å². The van der Waals surface area contributed by atoms with Crippen molar-refractivity contribution in [3.63, 3.8) is 0 Å². The van der Waals surface area contributed by atoms with Crippen LogP contribution in [-0.4, -0.2) is 60.3 Å². The number of hydrogen-bond acceptors (Lipinski definition) is 4. The highest BCUT2D eigenvalue weighted by molar-refractivity contribution is 5.22. The summed E-state index contributed by atoms with van der Waals surface area (Å²) in [6, 6.07) is 6.71. The van der Waals surface area contributed by atoms with Crippen LogP contribution in [0.2, 0.25) is 0 Å². The van der Waals surface area contributed by atoms with E-state index in [0.717, 1.165) is 38.3 Å². The summed E-state index contributed by atoms with van der Waals surface area (Å²) in [4.78, 5) is 4.55. The summed E-state index contributed by atoms with van der Waals surface area (Å²) in [5.74, 6) is -0.216. The maximum atomic E-state index is 13.4. The molecule has 0 radical (unpaired) electrons. The third-order valence-electron chi connectivity index (χ3n) is 3.90. The SMILES string of the molecule is CC(N)C(c1cccc(F)c1)N1CCN(CCO)CC1. The Kier molecular flexibility index (Phi) is 5.48. The Hall–Kier alpha value is -1.01. The summed E-state index contributed by atoms with van der Waals surface area (Å²) in [6.45, 7) is 6.50. The zero-order valence-corrected chi connectivity index (χ0v) is 12.0. The van der Waals surface area contributed by atoms with Crippen LogP contribution in [-0.2, 0) is 0 Å². The van der Waals surface area contributed by atoms with Crippen molar-refractivity contribution in [2.75, 3.05) is 39.3 Å². The Labute approximate surface area is 120 Å². The molecule has 0 bridgehead atoms. The molecule has 2 atom stereocenters. The van der Waals surface area contributed by atoms with Crippen LogP contribution in [0.4, 0.5) is 4.39 Å². The van der Waals surface area contributed by atoms with Gasteiger partial charge in [-0.15, -0.1) is 0 Å². The lowest BCUT2D eigenvalue weighted by Crippen LogP contribution is -2.51. The molecule has 1 saturated heterocycles. The molecule has 0 saturated carbocycles. The zero-order valence-electron chi connectivity index (χ0n) is 12.0. The molecule has 0 aromatic heterocycles. The average molecular weight is 281 g/mol. The van der Waals surface area contributed by atoms with Crippen LogP contribution in [0.15, 0.2) is 24.3 Å². The maximum Gasteiger partial charge on any atom is 0.123 e. The lowest BCUT2D eigenvalue weighted by Gasteiger charge is -2.40. The first-order valence-electron chi connectivity index (χ1n) is 7.20. The molecule has 1 aliphatic heterocycles. The van der Waals surface area contributed by atoms with Gasteiger partial charge in [0.2, 0.25) is 0 Å². The number of rotatable bonds is 5. The topological polar surface area (TPSA) is 52.7 Å². The number of aliphatic hydroxyl groups is 1. The first kappa shape index (κ1) is 15.4. The van der Waals surface area contributed by atoms with Crippen LogP contribution in [0.25, 0.3) is 0 Å². The number of aliphatic hydroxyl groups excluding tert-OH is 1. The Morgan fingerprint density at radius 1 is 1.30 bits per heavy atom. The first-order chi connectivity index (χ1) is 9.61. The Bertz CT molecular complexity index is 419. The number of hydrogen-bond donors (Lipinski definition) is 2. The van der Waals surface area contributed by atoms with Gasteiger partial charge >= 0.3 is 0 Å². The molecule has 2 rings (SSSR count). The van der Waals surface area contributed by atoms with E-state index in [1.54, 1.807) is 12.1 Å². The molecule has 5 heteroatoms. The summed E-state index contributed by atoms with van der Waals surface area (Å²) >= 11 is 0. The number of benzene rings is 1. The molecule has 112 valence electrons. The fourth-order valence-electron chi connectivity index (χ4n) is 2.94. The molecule has 20 heavy (non-hydrogen) atoms. The number of β-amino-alcohol motifs (C(OH)–C–C–N with tert-alkyl or cyclic N) is 1. The van der Waals surface area contributed by atoms with Crippen LogP contribution >= 0.6 is 0 Å². The van der Waals surface area contributed by atoms with Crippen LogP contribution in [0.5, 0.6) is 0 Å². The predicted octanol–water partition coefficient (Wildman–Crippen LogP) is 0.824. The van der Waals surface area contributed by atoms with Gasteiger partial charge in [-0.25, -0.2) is 4.39 Å². The molecule has 0 amide bonds. The minimum atomic E-state index is -0.216. The van der Waals surface area contributed by atoms with Crippen molar-refractivity contribution in [2.24, 2.45) is 5.73 Å². The van der Waals surface area contributed by atoms with Crippen molar-refractivity contribution >= 4 is 0 Å². The molecule has 4 nitrogen and oxygen atoms in total. The van der Waals surface area contributed by atoms with Gasteiger partial charge in [-0.3, -0.25) is 9.80 Å². The van der Waals surface area contributed by atoms with E-state index in [4.69, 9.17) is 10.8 Å². The van der Waals surface area contributed by atoms with E-state index < -0.39 is 0 Å². The van der Waals surface area contributed by atoms with E-state index in [2.05, 4.69) is 9.80 Å². The van der Waals surface area contributed by atoms with Gasteiger partial charge in [0.1, 0.15) is 5.82 Å². The second kappa shape index (κ2) is 7.13. The lowest BCUT2D eigenvalue weighted by molar-refractivity contribution is 0.0759. The van der Waals surface area contributed by atoms with Gasteiger partial charge in [0.05, 0.1) is 6.61 Å². The number of piperazine rings is 1. The molecule has 1 fully saturated rings. The second-order valence-electron chi connectivity index (χ2n) is 5.46. The lowest BCUT2D eigenvalue weighted by atomic mass is 9.98. The highest BCUT2D eigenvalue weighted by atomic mass is 19.1. The van der Waals surface area contributed by atoms with Crippen molar-refractivity contribution in [3.05, 3.63) is 35.6 Å². The largest absolute Gasteiger partial charge is 0.395 e. The van der Waals surface area contributed by atoms with Crippen LogP contribution in [0.1, 0.15) is 18.5 Å². The molecule has 1 aromatic carbocycles. The quantitative estimate of drug-likeness (QED) is 0.839. The summed E-state index contributed by atoms with van der Waals surface area (Å²) in [5.41, 5.74) is 7.07. The van der Waals surface area contributed by atoms with Crippen molar-refractivity contribution < 1.29 is 9.50 Å². The smallest absolute Gasteiger partial charge is 0.123 e. The molecule has 1 heterocycles. The minimum absolute atomic E-state index is 0.0435. The van der Waals surface area contributed by atoms with E-state index in [9.17, 15) is 4.39 Å². The minimum Gasteiger partial charge on any atom is -0.395 e. The van der Waals surface area contributed by atoms with Gasteiger partial charge in [0.25, 0.3) is 0 Å². The van der Waals surface area contributed by atoms with Gasteiger partial charge in [0, 0.05) is 44.8 Å². The molecule has 1 aromatic rings. The van der Waals surface area contributed by atoms with Gasteiger partial charge < -0.3 is 10.8 Å². The third-order valence-corrected chi connectivity index (χ3v) is 3.90. The standard InChI is InChI=1S/C15H24FN3O/c1-12(17)15(13-3-2-4-14(16)11-13)19-7-5-18(6-8-19)9-10-20/h2-4,11-12,15,20H,5-10,17H2,1H3. The molecule has 1 aliphatic rings. The summed E-state index contributed by atoms with van der Waals surface area (Å²) in [7, 11) is 0. The van der Waals surface area contributed by atoms with Crippen LogP contribution in [0.3, 0.4) is 0 Å². The molecular weight excluding hydrogens is 257 g/mol. The number of nitrogens with two attached hydrogens (primary N) is 1. The van der Waals surface area contributed by atoms with E-state index in [1.807, 2.05) is 13.0 Å². The monoisotopic (exact) mass is 281 g/mol. The number of halogens is 1. The molecule has 2 unspecified atom stereocenters. The van der Waals surface area contributed by atoms with E-state index in [-0.39, 0.29) is 24.5 Å². The predicted molar refractivity (Wildman–Crippen MR) is 77.9 cm³/mol. The van der Waals surface area contributed by atoms with E-state index in [0.29, 0.717) is 0 Å². The summed E-state index contributed by atoms with van der Waals surface area (Å²) in [6.07, 6.45) is 0. The fourth-order valence-corrected chi connectivity index (χ4v) is 2.94. The first-order valence-corrected chi connectivity index (χ1v) is 7.20. The van der Waals surface area contributed by atoms with Crippen LogP contribution in [0, 0.1) is 5.82 Å². The fraction of sp³-hybridized carbons (Fsp3) is 0.600. The molecular formula is C15H24FN3O. The van der Waals surface area contributed by atoms with E-state index >= 15 is 0 Å². The van der Waals surface area contributed by atoms with Gasteiger partial charge in [-0.1, -0.05) is 12.1 Å². The molecule has 0 aliphatic carbocycles. The Balaban J connectivity index is 2.07. The van der Waals surface area contributed by atoms with Gasteiger partial charge in [-0.05, 0) is 24.6 Å². The van der Waals surface area contributed by atoms with Gasteiger partial charge in [-0.2, -0.15) is 0 Å². The van der Waals surface area contributed by atoms with Crippen molar-refractivity contribution in [3.8, 4) is 0 Å². The highest BCUT2D eigenvalue weighted by Crippen LogP contribution is 2.25.